The first kappa shape index (κ1) is 17.7. The minimum absolute atomic E-state index is 0.0865. The summed E-state index contributed by atoms with van der Waals surface area (Å²) in [5, 5.41) is 2.63. The minimum atomic E-state index is -0.670. The summed E-state index contributed by atoms with van der Waals surface area (Å²) in [7, 11) is 1.27. The molecule has 0 saturated carbocycles. The van der Waals surface area contributed by atoms with Gasteiger partial charge in [-0.1, -0.05) is 13.8 Å². The Balaban J connectivity index is 2.25. The molecule has 2 bridgehead atoms. The van der Waals surface area contributed by atoms with Crippen molar-refractivity contribution in [2.75, 3.05) is 26.8 Å². The van der Waals surface area contributed by atoms with E-state index in [2.05, 4.69) is 10.1 Å². The normalized spacial score (nSPS) is 30.1. The minimum Gasteiger partial charge on any atom is -0.462 e. The van der Waals surface area contributed by atoms with Crippen molar-refractivity contribution in [3.8, 4) is 0 Å². The SMILES string of the molecule is CCOC(=O)[C@@H]1C[C@H]2CC[N@+]1(C(=O)[C@@H](NC(=O)OC)C(C)C)C2. The van der Waals surface area contributed by atoms with Crippen molar-refractivity contribution in [2.24, 2.45) is 11.8 Å². The molecule has 0 spiro atoms. The first-order valence-electron chi connectivity index (χ1n) is 8.28. The zero-order valence-corrected chi connectivity index (χ0v) is 14.3. The van der Waals surface area contributed by atoms with Crippen LogP contribution in [-0.4, -0.2) is 61.3 Å². The highest BCUT2D eigenvalue weighted by Gasteiger charge is 2.62. The molecule has 0 unspecified atom stereocenters. The Hall–Kier alpha value is -1.63. The van der Waals surface area contributed by atoms with E-state index >= 15 is 0 Å². The van der Waals surface area contributed by atoms with Gasteiger partial charge in [-0.25, -0.2) is 18.9 Å². The summed E-state index contributed by atoms with van der Waals surface area (Å²) in [6.45, 7) is 7.12. The number of carbonyl (C=O) groups excluding carboxylic acids is 3. The monoisotopic (exact) mass is 327 g/mol. The molecule has 0 aromatic rings. The number of fused-ring (bicyclic) bond motifs is 2. The molecule has 0 radical (unpaired) electrons. The van der Waals surface area contributed by atoms with Gasteiger partial charge in [0.2, 0.25) is 0 Å². The maximum Gasteiger partial charge on any atom is 0.407 e. The number of alkyl carbamates (subject to hydrolysis) is 1. The Morgan fingerprint density at radius 2 is 2.00 bits per heavy atom. The summed E-state index contributed by atoms with van der Waals surface area (Å²) >= 11 is 0. The van der Waals surface area contributed by atoms with Crippen molar-refractivity contribution >= 4 is 18.0 Å². The van der Waals surface area contributed by atoms with Crippen molar-refractivity contribution in [1.82, 2.24) is 5.32 Å². The van der Waals surface area contributed by atoms with Gasteiger partial charge in [-0.15, -0.1) is 0 Å². The average Bonchev–Trinajstić information content (AvgIpc) is 3.11. The molecule has 7 heteroatoms. The summed E-state index contributed by atoms with van der Waals surface area (Å²) < 4.78 is 9.92. The lowest BCUT2D eigenvalue weighted by atomic mass is 9.97. The van der Waals surface area contributed by atoms with E-state index in [-0.39, 0.29) is 22.3 Å². The molecule has 2 amide bonds. The molecule has 0 aliphatic carbocycles. The van der Waals surface area contributed by atoms with Gasteiger partial charge in [0.1, 0.15) is 6.04 Å². The molecule has 2 aliphatic heterocycles. The van der Waals surface area contributed by atoms with Crippen LogP contribution in [0, 0.1) is 11.8 Å². The molecular formula is C16H27N2O5+. The van der Waals surface area contributed by atoms with Gasteiger partial charge in [0, 0.05) is 18.8 Å². The van der Waals surface area contributed by atoms with E-state index < -0.39 is 18.2 Å². The number of methoxy groups -OCH3 is 1. The number of nitrogens with one attached hydrogen (secondary N) is 1. The topological polar surface area (TPSA) is 81.7 Å². The largest absolute Gasteiger partial charge is 0.462 e. The molecule has 2 rings (SSSR count). The molecule has 7 nitrogen and oxygen atoms in total. The van der Waals surface area contributed by atoms with Gasteiger partial charge in [-0.05, 0) is 12.8 Å². The van der Waals surface area contributed by atoms with Crippen LogP contribution in [0.25, 0.3) is 0 Å². The summed E-state index contributed by atoms with van der Waals surface area (Å²) in [5.41, 5.74) is 0. The molecule has 0 aromatic heterocycles. The number of hydrogen-bond acceptors (Lipinski definition) is 5. The number of carbonyl (C=O) groups is 3. The number of quaternary nitrogens is 1. The lowest BCUT2D eigenvalue weighted by Gasteiger charge is -2.37. The standard InChI is InChI=1S/C16H26N2O5/c1-5-23-15(20)12-8-11-6-7-18(12,9-11)14(19)13(10(2)3)17-16(21)22-4/h10-13H,5-9H2,1-4H3/p+1/t11-,12+,13+,18+/m1/s1. The smallest absolute Gasteiger partial charge is 0.407 e. The predicted molar refractivity (Wildman–Crippen MR) is 82.3 cm³/mol. The molecule has 2 heterocycles. The lowest BCUT2D eigenvalue weighted by Crippen LogP contribution is -2.65. The van der Waals surface area contributed by atoms with Crippen molar-refractivity contribution < 1.29 is 28.3 Å². The highest BCUT2D eigenvalue weighted by atomic mass is 16.5. The number of piperidine rings is 1. The molecule has 0 aromatic carbocycles. The number of nitrogens with zero attached hydrogens (tertiary/aromatic N) is 1. The number of amides is 2. The maximum atomic E-state index is 13.2. The fourth-order valence-electron chi connectivity index (χ4n) is 3.92. The fourth-order valence-corrected chi connectivity index (χ4v) is 3.92. The Morgan fingerprint density at radius 1 is 1.30 bits per heavy atom. The highest BCUT2D eigenvalue weighted by Crippen LogP contribution is 2.42. The maximum absolute atomic E-state index is 13.2. The first-order chi connectivity index (χ1) is 10.9. The molecule has 2 aliphatic rings. The van der Waals surface area contributed by atoms with Crippen molar-refractivity contribution in [2.45, 2.75) is 45.7 Å². The third-order valence-electron chi connectivity index (χ3n) is 5.06. The quantitative estimate of drug-likeness (QED) is 0.603. The zero-order chi connectivity index (χ0) is 17.2. The van der Waals surface area contributed by atoms with Crippen LogP contribution in [0.1, 0.15) is 33.6 Å². The Labute approximate surface area is 136 Å². The number of hydrogen-bond donors (Lipinski definition) is 1. The van der Waals surface area contributed by atoms with Crippen LogP contribution in [0.5, 0.6) is 0 Å². The molecule has 4 atom stereocenters. The summed E-state index contributed by atoms with van der Waals surface area (Å²) in [6.07, 6.45) is 0.996. The van der Waals surface area contributed by atoms with E-state index in [1.807, 2.05) is 13.8 Å². The van der Waals surface area contributed by atoms with E-state index in [1.165, 1.54) is 7.11 Å². The van der Waals surface area contributed by atoms with Crippen LogP contribution >= 0.6 is 0 Å². The summed E-state index contributed by atoms with van der Waals surface area (Å²) in [4.78, 5) is 37.1. The second-order valence-electron chi connectivity index (χ2n) is 6.79. The Kier molecular flexibility index (Phi) is 5.29. The summed E-state index contributed by atoms with van der Waals surface area (Å²) in [5.74, 6) is -0.122. The lowest BCUT2D eigenvalue weighted by molar-refractivity contribution is -0.851. The fraction of sp³-hybridized carbons (Fsp3) is 0.812. The van der Waals surface area contributed by atoms with Crippen molar-refractivity contribution in [3.05, 3.63) is 0 Å². The predicted octanol–water partition coefficient (Wildman–Crippen LogP) is 1.07. The van der Waals surface area contributed by atoms with E-state index in [4.69, 9.17) is 4.74 Å². The van der Waals surface area contributed by atoms with Gasteiger partial charge in [0.15, 0.2) is 6.04 Å². The van der Waals surface area contributed by atoms with Crippen LogP contribution < -0.4 is 5.32 Å². The third kappa shape index (κ3) is 3.20. The number of ether oxygens (including phenoxy) is 2. The van der Waals surface area contributed by atoms with Gasteiger partial charge < -0.3 is 14.8 Å². The number of esters is 1. The molecule has 2 fully saturated rings. The average molecular weight is 327 g/mol. The second kappa shape index (κ2) is 6.86. The molecule has 1 N–H and O–H groups in total. The van der Waals surface area contributed by atoms with E-state index in [0.29, 0.717) is 32.0 Å². The second-order valence-corrected chi connectivity index (χ2v) is 6.79. The highest BCUT2D eigenvalue weighted by molar-refractivity contribution is 5.85. The zero-order valence-electron chi connectivity index (χ0n) is 14.3. The van der Waals surface area contributed by atoms with Gasteiger partial charge in [0.25, 0.3) is 0 Å². The van der Waals surface area contributed by atoms with Crippen LogP contribution in [-0.2, 0) is 19.1 Å². The Bertz CT molecular complexity index is 493. The van der Waals surface area contributed by atoms with Crippen molar-refractivity contribution in [1.29, 1.82) is 0 Å². The van der Waals surface area contributed by atoms with Gasteiger partial charge in [-0.3, -0.25) is 0 Å². The van der Waals surface area contributed by atoms with E-state index in [1.54, 1.807) is 6.92 Å². The molecular weight excluding hydrogens is 300 g/mol. The van der Waals surface area contributed by atoms with Gasteiger partial charge in [0.05, 0.1) is 26.8 Å². The molecule has 23 heavy (non-hydrogen) atoms. The Morgan fingerprint density at radius 3 is 2.52 bits per heavy atom. The molecule has 2 saturated heterocycles. The van der Waals surface area contributed by atoms with Crippen LogP contribution in [0.3, 0.4) is 0 Å². The van der Waals surface area contributed by atoms with E-state index in [9.17, 15) is 14.4 Å². The summed E-state index contributed by atoms with van der Waals surface area (Å²) in [6, 6.07) is -1.11. The first-order valence-corrected chi connectivity index (χ1v) is 8.28. The van der Waals surface area contributed by atoms with Crippen LogP contribution in [0.15, 0.2) is 0 Å². The van der Waals surface area contributed by atoms with Gasteiger partial charge in [-0.2, -0.15) is 0 Å². The van der Waals surface area contributed by atoms with E-state index in [0.717, 1.165) is 6.42 Å². The van der Waals surface area contributed by atoms with Crippen molar-refractivity contribution in [3.63, 3.8) is 0 Å². The third-order valence-corrected chi connectivity index (χ3v) is 5.06. The van der Waals surface area contributed by atoms with Gasteiger partial charge >= 0.3 is 18.0 Å². The van der Waals surface area contributed by atoms with Crippen LogP contribution in [0.2, 0.25) is 0 Å². The molecule has 130 valence electrons. The van der Waals surface area contributed by atoms with Crippen LogP contribution in [0.4, 0.5) is 4.79 Å². The number of rotatable bonds is 5.